The van der Waals surface area contributed by atoms with Gasteiger partial charge in [0.25, 0.3) is 0 Å². The molecule has 4 heteroatoms. The lowest BCUT2D eigenvalue weighted by Crippen LogP contribution is -2.18. The zero-order chi connectivity index (χ0) is 9.76. The van der Waals surface area contributed by atoms with Crippen LogP contribution in [0.4, 0.5) is 0 Å². The molecule has 72 valence electrons. The molecule has 1 aromatic carbocycles. The number of rotatable bonds is 1. The van der Waals surface area contributed by atoms with Crippen molar-refractivity contribution in [3.63, 3.8) is 0 Å². The van der Waals surface area contributed by atoms with Crippen molar-refractivity contribution < 1.29 is 4.42 Å². The zero-order valence-electron chi connectivity index (χ0n) is 7.45. The first kappa shape index (κ1) is 8.20. The molecule has 0 unspecified atom stereocenters. The summed E-state index contributed by atoms with van der Waals surface area (Å²) in [5, 5.41) is 0. The average Bonchev–Trinajstić information content (AvgIpc) is 2.78. The Bertz CT molecular complexity index is 550. The van der Waals surface area contributed by atoms with E-state index in [0.29, 0.717) is 5.58 Å². The van der Waals surface area contributed by atoms with Gasteiger partial charge in [-0.15, -0.1) is 0 Å². The summed E-state index contributed by atoms with van der Waals surface area (Å²) in [6.45, 7) is 0. The van der Waals surface area contributed by atoms with E-state index in [4.69, 9.17) is 10.2 Å². The Morgan fingerprint density at radius 3 is 2.93 bits per heavy atom. The molecule has 1 aliphatic rings. The minimum Gasteiger partial charge on any atom is -0.414 e. The molecule has 0 aliphatic heterocycles. The highest BCUT2D eigenvalue weighted by Crippen LogP contribution is 2.45. The van der Waals surface area contributed by atoms with Gasteiger partial charge < -0.3 is 10.2 Å². The monoisotopic (exact) mass is 207 g/mol. The first-order valence-corrected chi connectivity index (χ1v) is 5.33. The maximum Gasteiger partial charge on any atom is 0.396 e. The molecule has 0 atom stereocenters. The van der Waals surface area contributed by atoms with Crippen molar-refractivity contribution in [1.29, 1.82) is 0 Å². The molecule has 0 amide bonds. The van der Waals surface area contributed by atoms with Gasteiger partial charge in [-0.05, 0) is 24.5 Å². The fraction of sp³-hybridized carbons (Fsp3) is 0.300. The Balaban J connectivity index is 2.38. The van der Waals surface area contributed by atoms with Crippen LogP contribution in [0.25, 0.3) is 10.3 Å². The van der Waals surface area contributed by atoms with E-state index in [1.165, 1.54) is 0 Å². The molecule has 1 saturated carbocycles. The van der Waals surface area contributed by atoms with Crippen LogP contribution in [-0.2, 0) is 5.54 Å². The summed E-state index contributed by atoms with van der Waals surface area (Å²) in [5.41, 5.74) is 7.63. The zero-order valence-corrected chi connectivity index (χ0v) is 8.26. The van der Waals surface area contributed by atoms with Crippen molar-refractivity contribution in [2.45, 2.75) is 18.4 Å². The van der Waals surface area contributed by atoms with E-state index in [1.54, 1.807) is 0 Å². The van der Waals surface area contributed by atoms with E-state index in [9.17, 15) is 4.79 Å². The molecule has 1 fully saturated rings. The van der Waals surface area contributed by atoms with Crippen LogP contribution in [0.1, 0.15) is 18.4 Å². The van der Waals surface area contributed by atoms with Gasteiger partial charge >= 0.3 is 4.94 Å². The van der Waals surface area contributed by atoms with Crippen LogP contribution in [0.5, 0.6) is 0 Å². The van der Waals surface area contributed by atoms with Crippen LogP contribution in [0, 0.1) is 0 Å². The van der Waals surface area contributed by atoms with Gasteiger partial charge in [-0.3, -0.25) is 0 Å². The number of hydrogen-bond acceptors (Lipinski definition) is 4. The van der Waals surface area contributed by atoms with Gasteiger partial charge in [-0.1, -0.05) is 23.5 Å². The summed E-state index contributed by atoms with van der Waals surface area (Å²) in [5.74, 6) is 0. The predicted molar refractivity (Wildman–Crippen MR) is 55.5 cm³/mol. The SMILES string of the molecule is NC1(c2cccc3oc(=O)sc23)CC1. The minimum absolute atomic E-state index is 0.202. The van der Waals surface area contributed by atoms with E-state index in [0.717, 1.165) is 34.4 Å². The molecule has 3 nitrogen and oxygen atoms in total. The normalized spacial score (nSPS) is 18.6. The minimum atomic E-state index is -0.253. The van der Waals surface area contributed by atoms with E-state index in [2.05, 4.69) is 0 Å². The van der Waals surface area contributed by atoms with Crippen molar-refractivity contribution in [3.8, 4) is 0 Å². The second-order valence-electron chi connectivity index (χ2n) is 3.74. The lowest BCUT2D eigenvalue weighted by molar-refractivity contribution is 0.585. The Morgan fingerprint density at radius 1 is 1.43 bits per heavy atom. The molecule has 0 saturated heterocycles. The van der Waals surface area contributed by atoms with Gasteiger partial charge in [0.05, 0.1) is 4.70 Å². The lowest BCUT2D eigenvalue weighted by Gasteiger charge is -2.08. The summed E-state index contributed by atoms with van der Waals surface area (Å²) < 4.78 is 5.95. The molecule has 1 heterocycles. The highest BCUT2D eigenvalue weighted by molar-refractivity contribution is 7.16. The Hall–Kier alpha value is -1.13. The fourth-order valence-electron chi connectivity index (χ4n) is 1.69. The van der Waals surface area contributed by atoms with Gasteiger partial charge in [0.2, 0.25) is 0 Å². The lowest BCUT2D eigenvalue weighted by atomic mass is 10.1. The highest BCUT2D eigenvalue weighted by atomic mass is 32.1. The second-order valence-corrected chi connectivity index (χ2v) is 4.69. The molecule has 2 aromatic rings. The van der Waals surface area contributed by atoms with E-state index >= 15 is 0 Å². The van der Waals surface area contributed by atoms with Crippen molar-refractivity contribution in [2.75, 3.05) is 0 Å². The third-order valence-electron chi connectivity index (χ3n) is 2.68. The van der Waals surface area contributed by atoms with Crippen LogP contribution >= 0.6 is 11.3 Å². The van der Waals surface area contributed by atoms with Crippen molar-refractivity contribution in [2.24, 2.45) is 5.73 Å². The molecule has 0 spiro atoms. The molecule has 2 N–H and O–H groups in total. The second kappa shape index (κ2) is 2.46. The molecular weight excluding hydrogens is 198 g/mol. The molecular formula is C10H9NO2S. The molecule has 14 heavy (non-hydrogen) atoms. The van der Waals surface area contributed by atoms with Gasteiger partial charge in [0.15, 0.2) is 0 Å². The summed E-state index contributed by atoms with van der Waals surface area (Å²) in [6, 6.07) is 5.68. The summed E-state index contributed by atoms with van der Waals surface area (Å²) in [7, 11) is 0. The molecule has 0 bridgehead atoms. The Kier molecular flexibility index (Phi) is 1.44. The molecule has 3 rings (SSSR count). The van der Waals surface area contributed by atoms with Crippen molar-refractivity contribution >= 4 is 21.6 Å². The van der Waals surface area contributed by atoms with Gasteiger partial charge in [0, 0.05) is 5.54 Å². The summed E-state index contributed by atoms with van der Waals surface area (Å²) >= 11 is 1.14. The maximum atomic E-state index is 11.1. The van der Waals surface area contributed by atoms with Crippen LogP contribution in [0.2, 0.25) is 0 Å². The third kappa shape index (κ3) is 1.04. The van der Waals surface area contributed by atoms with Crippen LogP contribution < -0.4 is 10.7 Å². The summed E-state index contributed by atoms with van der Waals surface area (Å²) in [6.07, 6.45) is 2.00. The standard InChI is InChI=1S/C10H9NO2S/c11-10(4-5-10)6-2-1-3-7-8(6)14-9(12)13-7/h1-3H,4-5,11H2. The average molecular weight is 207 g/mol. The number of fused-ring (bicyclic) bond motifs is 1. The smallest absolute Gasteiger partial charge is 0.396 e. The number of nitrogens with two attached hydrogens (primary N) is 1. The Labute approximate surface area is 84.1 Å². The third-order valence-corrected chi connectivity index (χ3v) is 3.56. The molecule has 0 radical (unpaired) electrons. The van der Waals surface area contributed by atoms with Crippen molar-refractivity contribution in [3.05, 3.63) is 33.5 Å². The first-order chi connectivity index (χ1) is 6.69. The van der Waals surface area contributed by atoms with Crippen LogP contribution in [-0.4, -0.2) is 0 Å². The van der Waals surface area contributed by atoms with E-state index in [-0.39, 0.29) is 10.5 Å². The van der Waals surface area contributed by atoms with E-state index < -0.39 is 0 Å². The van der Waals surface area contributed by atoms with E-state index in [1.807, 2.05) is 18.2 Å². The molecule has 1 aromatic heterocycles. The Morgan fingerprint density at radius 2 is 2.21 bits per heavy atom. The van der Waals surface area contributed by atoms with Gasteiger partial charge in [0.1, 0.15) is 5.58 Å². The first-order valence-electron chi connectivity index (χ1n) is 4.51. The maximum absolute atomic E-state index is 11.1. The largest absolute Gasteiger partial charge is 0.414 e. The van der Waals surface area contributed by atoms with Crippen LogP contribution in [0.15, 0.2) is 27.4 Å². The summed E-state index contributed by atoms with van der Waals surface area (Å²) in [4.78, 5) is 10.8. The predicted octanol–water partition coefficient (Wildman–Crippen LogP) is 1.80. The number of benzene rings is 1. The van der Waals surface area contributed by atoms with Crippen molar-refractivity contribution in [1.82, 2.24) is 0 Å². The topological polar surface area (TPSA) is 56.2 Å². The quantitative estimate of drug-likeness (QED) is 0.775. The van der Waals surface area contributed by atoms with Gasteiger partial charge in [-0.25, -0.2) is 4.79 Å². The van der Waals surface area contributed by atoms with Crippen LogP contribution in [0.3, 0.4) is 0 Å². The number of hydrogen-bond donors (Lipinski definition) is 1. The molecule has 1 aliphatic carbocycles. The van der Waals surface area contributed by atoms with Gasteiger partial charge in [-0.2, -0.15) is 0 Å². The highest BCUT2D eigenvalue weighted by Gasteiger charge is 2.41. The fourth-order valence-corrected chi connectivity index (χ4v) is 2.58.